The summed E-state index contributed by atoms with van der Waals surface area (Å²) < 4.78 is 13.6. The molecule has 5 heteroatoms. The summed E-state index contributed by atoms with van der Waals surface area (Å²) in [6.45, 7) is 4.05. The van der Waals surface area contributed by atoms with Gasteiger partial charge in [0.05, 0.1) is 6.42 Å². The largest absolute Gasteiger partial charge is 0.371 e. The van der Waals surface area contributed by atoms with Crippen LogP contribution < -0.4 is 10.2 Å². The lowest BCUT2D eigenvalue weighted by atomic mass is 10.1. The maximum atomic E-state index is 13.6. The third-order valence-corrected chi connectivity index (χ3v) is 5.27. The Bertz CT molecular complexity index is 973. The SMILES string of the molecule is Cc1[nH]c2ccc(F)cc2c1CC(=O)Nc1cccc(N2CCCCC2)c1. The Morgan fingerprint density at radius 2 is 1.96 bits per heavy atom. The number of aromatic amines is 1. The van der Waals surface area contributed by atoms with E-state index in [4.69, 9.17) is 0 Å². The summed E-state index contributed by atoms with van der Waals surface area (Å²) in [5.41, 5.74) is 4.54. The van der Waals surface area contributed by atoms with Crippen LogP contribution in [0.5, 0.6) is 0 Å². The molecule has 0 atom stereocenters. The number of carbonyl (C=O) groups is 1. The average molecular weight is 365 g/mol. The van der Waals surface area contributed by atoms with Crippen LogP contribution in [-0.4, -0.2) is 24.0 Å². The number of nitrogens with one attached hydrogen (secondary N) is 2. The van der Waals surface area contributed by atoms with E-state index in [-0.39, 0.29) is 18.1 Å². The molecule has 1 amide bonds. The molecule has 0 saturated carbocycles. The molecule has 2 N–H and O–H groups in total. The standard InChI is InChI=1S/C22H24FN3O/c1-15-19(20-12-16(23)8-9-21(20)24-15)14-22(27)25-17-6-5-7-18(13-17)26-10-3-2-4-11-26/h5-9,12-13,24H,2-4,10-11,14H2,1H3,(H,25,27). The highest BCUT2D eigenvalue weighted by Gasteiger charge is 2.15. The smallest absolute Gasteiger partial charge is 0.228 e. The first-order valence-electron chi connectivity index (χ1n) is 9.52. The number of carbonyl (C=O) groups excluding carboxylic acids is 1. The average Bonchev–Trinajstić information content (AvgIpc) is 2.97. The summed E-state index contributed by atoms with van der Waals surface area (Å²) >= 11 is 0. The molecule has 27 heavy (non-hydrogen) atoms. The van der Waals surface area contributed by atoms with Crippen LogP contribution >= 0.6 is 0 Å². The molecule has 0 bridgehead atoms. The van der Waals surface area contributed by atoms with Crippen molar-refractivity contribution in [3.8, 4) is 0 Å². The predicted molar refractivity (Wildman–Crippen MR) is 108 cm³/mol. The summed E-state index contributed by atoms with van der Waals surface area (Å²) in [5, 5.41) is 3.76. The van der Waals surface area contributed by atoms with Crippen molar-refractivity contribution >= 4 is 28.2 Å². The van der Waals surface area contributed by atoms with Crippen molar-refractivity contribution in [1.82, 2.24) is 4.98 Å². The molecule has 1 saturated heterocycles. The van der Waals surface area contributed by atoms with Crippen molar-refractivity contribution in [3.05, 3.63) is 59.5 Å². The van der Waals surface area contributed by atoms with E-state index in [0.717, 1.165) is 46.6 Å². The topological polar surface area (TPSA) is 48.1 Å². The molecule has 1 aromatic heterocycles. The number of hydrogen-bond donors (Lipinski definition) is 2. The summed E-state index contributed by atoms with van der Waals surface area (Å²) in [6.07, 6.45) is 3.93. The number of amides is 1. The molecule has 2 aromatic carbocycles. The highest BCUT2D eigenvalue weighted by molar-refractivity contribution is 5.96. The van der Waals surface area contributed by atoms with E-state index in [1.54, 1.807) is 6.07 Å². The minimum Gasteiger partial charge on any atom is -0.371 e. The zero-order valence-electron chi connectivity index (χ0n) is 15.5. The molecule has 0 unspecified atom stereocenters. The van der Waals surface area contributed by atoms with Crippen molar-refractivity contribution in [2.45, 2.75) is 32.6 Å². The van der Waals surface area contributed by atoms with Crippen LogP contribution in [0.1, 0.15) is 30.5 Å². The predicted octanol–water partition coefficient (Wildman–Crippen LogP) is 4.79. The second-order valence-corrected chi connectivity index (χ2v) is 7.24. The maximum absolute atomic E-state index is 13.6. The first-order valence-corrected chi connectivity index (χ1v) is 9.52. The van der Waals surface area contributed by atoms with Crippen LogP contribution in [0, 0.1) is 12.7 Å². The van der Waals surface area contributed by atoms with Gasteiger partial charge in [0.25, 0.3) is 0 Å². The number of fused-ring (bicyclic) bond motifs is 1. The summed E-state index contributed by atoms with van der Waals surface area (Å²) in [4.78, 5) is 18.2. The Hall–Kier alpha value is -2.82. The second kappa shape index (κ2) is 7.43. The van der Waals surface area contributed by atoms with Crippen LogP contribution in [0.15, 0.2) is 42.5 Å². The fourth-order valence-electron chi connectivity index (χ4n) is 3.88. The van der Waals surface area contributed by atoms with Crippen molar-refractivity contribution in [2.75, 3.05) is 23.3 Å². The molecule has 0 spiro atoms. The molecule has 4 nitrogen and oxygen atoms in total. The van der Waals surface area contributed by atoms with E-state index in [1.165, 1.54) is 31.4 Å². The van der Waals surface area contributed by atoms with Crippen molar-refractivity contribution in [3.63, 3.8) is 0 Å². The number of aromatic nitrogens is 1. The Kier molecular flexibility index (Phi) is 4.84. The van der Waals surface area contributed by atoms with Crippen LogP contribution in [0.2, 0.25) is 0 Å². The Morgan fingerprint density at radius 1 is 1.15 bits per heavy atom. The summed E-state index contributed by atoms with van der Waals surface area (Å²) in [7, 11) is 0. The number of rotatable bonds is 4. The van der Waals surface area contributed by atoms with E-state index in [2.05, 4.69) is 21.3 Å². The molecule has 2 heterocycles. The van der Waals surface area contributed by atoms with E-state index < -0.39 is 0 Å². The van der Waals surface area contributed by atoms with Crippen LogP contribution in [-0.2, 0) is 11.2 Å². The normalized spacial score (nSPS) is 14.5. The fourth-order valence-corrected chi connectivity index (χ4v) is 3.88. The van der Waals surface area contributed by atoms with Gasteiger partial charge in [0, 0.05) is 41.1 Å². The lowest BCUT2D eigenvalue weighted by Crippen LogP contribution is -2.29. The van der Waals surface area contributed by atoms with Crippen LogP contribution in [0.4, 0.5) is 15.8 Å². The monoisotopic (exact) mass is 365 g/mol. The molecule has 1 aliphatic rings. The Balaban J connectivity index is 1.50. The summed E-state index contributed by atoms with van der Waals surface area (Å²) in [6, 6.07) is 12.6. The van der Waals surface area contributed by atoms with Gasteiger partial charge >= 0.3 is 0 Å². The van der Waals surface area contributed by atoms with Gasteiger partial charge < -0.3 is 15.2 Å². The molecule has 140 valence electrons. The molecule has 0 radical (unpaired) electrons. The Labute approximate surface area is 158 Å². The minimum atomic E-state index is -0.294. The van der Waals surface area contributed by atoms with Crippen molar-refractivity contribution < 1.29 is 9.18 Å². The van der Waals surface area contributed by atoms with Gasteiger partial charge in [-0.2, -0.15) is 0 Å². The highest BCUT2D eigenvalue weighted by Crippen LogP contribution is 2.25. The molecule has 1 fully saturated rings. The first kappa shape index (κ1) is 17.6. The van der Waals surface area contributed by atoms with Crippen LogP contribution in [0.25, 0.3) is 10.9 Å². The third kappa shape index (κ3) is 3.82. The molecular formula is C22H24FN3O. The zero-order valence-corrected chi connectivity index (χ0v) is 15.5. The van der Waals surface area contributed by atoms with Gasteiger partial charge in [0.1, 0.15) is 5.82 Å². The van der Waals surface area contributed by atoms with Gasteiger partial charge in [-0.1, -0.05) is 6.07 Å². The van der Waals surface area contributed by atoms with Gasteiger partial charge in [-0.25, -0.2) is 4.39 Å². The number of benzene rings is 2. The van der Waals surface area contributed by atoms with E-state index in [0.29, 0.717) is 0 Å². The zero-order chi connectivity index (χ0) is 18.8. The quantitative estimate of drug-likeness (QED) is 0.698. The van der Waals surface area contributed by atoms with Gasteiger partial charge in [-0.05, 0) is 68.1 Å². The molecular weight excluding hydrogens is 341 g/mol. The lowest BCUT2D eigenvalue weighted by Gasteiger charge is -2.29. The van der Waals surface area contributed by atoms with Gasteiger partial charge in [-0.3, -0.25) is 4.79 Å². The number of nitrogens with zero attached hydrogens (tertiary/aromatic N) is 1. The van der Waals surface area contributed by atoms with Crippen molar-refractivity contribution in [1.29, 1.82) is 0 Å². The molecule has 1 aliphatic heterocycles. The first-order chi connectivity index (χ1) is 13.1. The number of anilines is 2. The number of aryl methyl sites for hydroxylation is 1. The Morgan fingerprint density at radius 3 is 2.78 bits per heavy atom. The number of halogens is 1. The number of H-pyrrole nitrogens is 1. The minimum absolute atomic E-state index is 0.0981. The fraction of sp³-hybridized carbons (Fsp3) is 0.318. The molecule has 3 aromatic rings. The lowest BCUT2D eigenvalue weighted by molar-refractivity contribution is -0.115. The van der Waals surface area contributed by atoms with E-state index >= 15 is 0 Å². The summed E-state index contributed by atoms with van der Waals surface area (Å²) in [5.74, 6) is -0.392. The van der Waals surface area contributed by atoms with E-state index in [1.807, 2.05) is 25.1 Å². The molecule has 0 aliphatic carbocycles. The van der Waals surface area contributed by atoms with Gasteiger partial charge in [0.15, 0.2) is 0 Å². The van der Waals surface area contributed by atoms with Gasteiger partial charge in [-0.15, -0.1) is 0 Å². The van der Waals surface area contributed by atoms with Crippen molar-refractivity contribution in [2.24, 2.45) is 0 Å². The maximum Gasteiger partial charge on any atom is 0.228 e. The number of piperidine rings is 1. The number of hydrogen-bond acceptors (Lipinski definition) is 2. The highest BCUT2D eigenvalue weighted by atomic mass is 19.1. The third-order valence-electron chi connectivity index (χ3n) is 5.27. The van der Waals surface area contributed by atoms with E-state index in [9.17, 15) is 9.18 Å². The second-order valence-electron chi connectivity index (χ2n) is 7.24. The van der Waals surface area contributed by atoms with Gasteiger partial charge in [0.2, 0.25) is 5.91 Å². The molecule has 4 rings (SSSR count). The van der Waals surface area contributed by atoms with Crippen LogP contribution in [0.3, 0.4) is 0 Å².